The summed E-state index contributed by atoms with van der Waals surface area (Å²) in [6.45, 7) is 0. The van der Waals surface area contributed by atoms with Gasteiger partial charge in [0.05, 0.1) is 0 Å². The van der Waals surface area contributed by atoms with Crippen molar-refractivity contribution in [1.82, 2.24) is 0 Å². The van der Waals surface area contributed by atoms with Gasteiger partial charge in [0.2, 0.25) is 0 Å². The molecule has 0 aliphatic heterocycles. The minimum Gasteiger partial charge on any atom is -0.288 e. The summed E-state index contributed by atoms with van der Waals surface area (Å²) in [4.78, 5) is 4.52. The first-order chi connectivity index (χ1) is 8.27. The molecule has 0 unspecified atom stereocenters. The van der Waals surface area contributed by atoms with E-state index in [9.17, 15) is 0 Å². The monoisotopic (exact) mass is 275 g/mol. The average Bonchev–Trinajstić information content (AvgIpc) is 2.38. The van der Waals surface area contributed by atoms with Crippen LogP contribution in [0.25, 0.3) is 0 Å². The molecular formula is C14H23Cl2N. The summed E-state index contributed by atoms with van der Waals surface area (Å²) in [6, 6.07) is 0.501. The van der Waals surface area contributed by atoms with Crippen molar-refractivity contribution in [2.24, 2.45) is 10.9 Å². The van der Waals surface area contributed by atoms with E-state index in [1.54, 1.807) is 0 Å². The van der Waals surface area contributed by atoms with E-state index in [2.05, 4.69) is 0 Å². The Morgan fingerprint density at radius 1 is 0.824 bits per heavy atom. The van der Waals surface area contributed by atoms with Gasteiger partial charge in [-0.3, -0.25) is 4.99 Å². The highest BCUT2D eigenvalue weighted by Gasteiger charge is 2.25. The predicted molar refractivity (Wildman–Crippen MR) is 76.4 cm³/mol. The van der Waals surface area contributed by atoms with Crippen LogP contribution in [-0.4, -0.2) is 16.6 Å². The smallest absolute Gasteiger partial charge is 0.145 e. The molecule has 0 N–H and O–H groups in total. The number of hydrogen-bond acceptors (Lipinski definition) is 1. The molecular weight excluding hydrogens is 253 g/mol. The second kappa shape index (κ2) is 6.99. The Labute approximate surface area is 115 Å². The van der Waals surface area contributed by atoms with Crippen LogP contribution in [0.15, 0.2) is 4.99 Å². The number of aliphatic imine (C=N–C) groups is 1. The molecule has 2 aliphatic rings. The van der Waals surface area contributed by atoms with Crippen molar-refractivity contribution in [2.75, 3.05) is 0 Å². The third-order valence-electron chi connectivity index (χ3n) is 4.15. The van der Waals surface area contributed by atoms with E-state index in [0.29, 0.717) is 12.0 Å². The van der Waals surface area contributed by atoms with Crippen LogP contribution in [0.5, 0.6) is 0 Å². The summed E-state index contributed by atoms with van der Waals surface area (Å²) < 4.78 is 0. The average molecular weight is 276 g/mol. The first-order valence-electron chi connectivity index (χ1n) is 7.13. The van der Waals surface area contributed by atoms with Crippen LogP contribution in [0, 0.1) is 5.92 Å². The van der Waals surface area contributed by atoms with Crippen LogP contribution in [0.2, 0.25) is 0 Å². The highest BCUT2D eigenvalue weighted by Crippen LogP contribution is 2.30. The third kappa shape index (κ3) is 4.13. The number of hydrogen-bond donors (Lipinski definition) is 0. The predicted octanol–water partition coefficient (Wildman–Crippen LogP) is 5.14. The van der Waals surface area contributed by atoms with Crippen LogP contribution >= 0.6 is 23.2 Å². The van der Waals surface area contributed by atoms with Gasteiger partial charge in [0.1, 0.15) is 4.84 Å². The molecule has 0 heterocycles. The lowest BCUT2D eigenvalue weighted by Crippen LogP contribution is -2.26. The van der Waals surface area contributed by atoms with Crippen molar-refractivity contribution in [2.45, 2.75) is 75.1 Å². The molecule has 3 heteroatoms. The van der Waals surface area contributed by atoms with Gasteiger partial charge in [0.15, 0.2) is 0 Å². The standard InChI is InChI=1S/C14H23Cl2N/c15-14(16)13(11-7-3-1-4-8-11)17-12-9-5-2-6-10-12/h11-12,14H,1-10H2. The van der Waals surface area contributed by atoms with Gasteiger partial charge in [-0.05, 0) is 31.6 Å². The number of nitrogens with zero attached hydrogens (tertiary/aromatic N) is 1. The maximum atomic E-state index is 6.13. The largest absolute Gasteiger partial charge is 0.288 e. The van der Waals surface area contributed by atoms with E-state index in [4.69, 9.17) is 28.2 Å². The SMILES string of the molecule is ClC(Cl)C(=NC1CCCCC1)C1CCCCC1. The summed E-state index contributed by atoms with van der Waals surface area (Å²) in [6.07, 6.45) is 12.9. The van der Waals surface area contributed by atoms with E-state index >= 15 is 0 Å². The van der Waals surface area contributed by atoms with E-state index in [-0.39, 0.29) is 4.84 Å². The topological polar surface area (TPSA) is 12.4 Å². The first-order valence-corrected chi connectivity index (χ1v) is 8.00. The molecule has 0 saturated heterocycles. The van der Waals surface area contributed by atoms with E-state index in [0.717, 1.165) is 5.71 Å². The second-order valence-corrected chi connectivity index (χ2v) is 6.58. The first kappa shape index (κ1) is 13.7. The van der Waals surface area contributed by atoms with Crippen molar-refractivity contribution >= 4 is 28.9 Å². The minimum absolute atomic E-state index is 0.389. The summed E-state index contributed by atoms with van der Waals surface area (Å²) in [5, 5.41) is 0. The maximum absolute atomic E-state index is 6.13. The van der Waals surface area contributed by atoms with E-state index in [1.165, 1.54) is 64.2 Å². The van der Waals surface area contributed by atoms with Gasteiger partial charge in [-0.15, -0.1) is 0 Å². The summed E-state index contributed by atoms with van der Waals surface area (Å²) in [5.41, 5.74) is 1.10. The number of alkyl halides is 2. The fraction of sp³-hybridized carbons (Fsp3) is 0.929. The van der Waals surface area contributed by atoms with Gasteiger partial charge in [-0.25, -0.2) is 0 Å². The molecule has 0 radical (unpaired) electrons. The molecule has 0 bridgehead atoms. The molecule has 2 aliphatic carbocycles. The van der Waals surface area contributed by atoms with Crippen LogP contribution < -0.4 is 0 Å². The Morgan fingerprint density at radius 3 is 1.88 bits per heavy atom. The Kier molecular flexibility index (Phi) is 5.62. The second-order valence-electron chi connectivity index (χ2n) is 5.48. The summed E-state index contributed by atoms with van der Waals surface area (Å²) in [5.74, 6) is 0.561. The lowest BCUT2D eigenvalue weighted by molar-refractivity contribution is 0.420. The Balaban J connectivity index is 2.01. The van der Waals surface area contributed by atoms with Crippen molar-refractivity contribution < 1.29 is 0 Å². The molecule has 0 amide bonds. The molecule has 0 aromatic carbocycles. The van der Waals surface area contributed by atoms with Crippen LogP contribution in [0.1, 0.15) is 64.2 Å². The van der Waals surface area contributed by atoms with Crippen molar-refractivity contribution in [1.29, 1.82) is 0 Å². The molecule has 17 heavy (non-hydrogen) atoms. The Morgan fingerprint density at radius 2 is 1.35 bits per heavy atom. The highest BCUT2D eigenvalue weighted by molar-refractivity contribution is 6.54. The molecule has 2 fully saturated rings. The van der Waals surface area contributed by atoms with Crippen LogP contribution in [-0.2, 0) is 0 Å². The summed E-state index contributed by atoms with van der Waals surface area (Å²) >= 11 is 12.3. The molecule has 98 valence electrons. The minimum atomic E-state index is -0.389. The maximum Gasteiger partial charge on any atom is 0.145 e. The molecule has 2 saturated carbocycles. The lowest BCUT2D eigenvalue weighted by Gasteiger charge is -2.27. The molecule has 0 aromatic heterocycles. The van der Waals surface area contributed by atoms with Gasteiger partial charge >= 0.3 is 0 Å². The fourth-order valence-electron chi connectivity index (χ4n) is 3.16. The third-order valence-corrected chi connectivity index (χ3v) is 4.60. The fourth-order valence-corrected chi connectivity index (χ4v) is 3.63. The molecule has 2 rings (SSSR count). The van der Waals surface area contributed by atoms with Crippen LogP contribution in [0.3, 0.4) is 0 Å². The number of halogens is 2. The zero-order valence-electron chi connectivity index (χ0n) is 10.5. The van der Waals surface area contributed by atoms with Crippen molar-refractivity contribution in [3.05, 3.63) is 0 Å². The molecule has 1 nitrogen and oxygen atoms in total. The molecule has 0 aromatic rings. The molecule has 0 atom stereocenters. The summed E-state index contributed by atoms with van der Waals surface area (Å²) in [7, 11) is 0. The van der Waals surface area contributed by atoms with E-state index < -0.39 is 0 Å². The quantitative estimate of drug-likeness (QED) is 0.499. The molecule has 0 spiro atoms. The normalized spacial score (nSPS) is 25.5. The lowest BCUT2D eigenvalue weighted by atomic mass is 9.85. The van der Waals surface area contributed by atoms with Crippen LogP contribution in [0.4, 0.5) is 0 Å². The number of rotatable bonds is 3. The Hall–Kier alpha value is 0.250. The van der Waals surface area contributed by atoms with E-state index in [1.807, 2.05) is 0 Å². The van der Waals surface area contributed by atoms with Gasteiger partial charge in [-0.2, -0.15) is 0 Å². The van der Waals surface area contributed by atoms with Gasteiger partial charge < -0.3 is 0 Å². The highest BCUT2D eigenvalue weighted by atomic mass is 35.5. The zero-order valence-corrected chi connectivity index (χ0v) is 12.0. The Bertz CT molecular complexity index is 251. The van der Waals surface area contributed by atoms with Gasteiger partial charge in [0.25, 0.3) is 0 Å². The van der Waals surface area contributed by atoms with Crippen molar-refractivity contribution in [3.63, 3.8) is 0 Å². The van der Waals surface area contributed by atoms with Gasteiger partial charge in [-0.1, -0.05) is 61.7 Å². The van der Waals surface area contributed by atoms with Crippen molar-refractivity contribution in [3.8, 4) is 0 Å². The zero-order chi connectivity index (χ0) is 12.1. The van der Waals surface area contributed by atoms with Gasteiger partial charge in [0, 0.05) is 11.8 Å².